The molecule has 0 aromatic heterocycles. The van der Waals surface area contributed by atoms with Crippen LogP contribution < -0.4 is 4.74 Å². The third kappa shape index (κ3) is 3.44. The molecule has 4 nitrogen and oxygen atoms in total. The van der Waals surface area contributed by atoms with Crippen molar-refractivity contribution in [2.75, 3.05) is 19.5 Å². The molecule has 0 saturated heterocycles. The summed E-state index contributed by atoms with van der Waals surface area (Å²) < 4.78 is 32.1. The minimum Gasteiger partial charge on any atom is -0.493 e. The molecule has 0 N–H and O–H groups in total. The number of para-hydroxylation sites is 1. The SMILES string of the molecule is CS(=O)(=O)OCCC1CCOc2ccccc21. The molecule has 1 unspecified atom stereocenters. The van der Waals surface area contributed by atoms with Gasteiger partial charge in [0.15, 0.2) is 0 Å². The lowest BCUT2D eigenvalue weighted by atomic mass is 9.91. The van der Waals surface area contributed by atoms with Crippen LogP contribution in [0.1, 0.15) is 24.3 Å². The Balaban J connectivity index is 1.99. The molecule has 1 atom stereocenters. The van der Waals surface area contributed by atoms with E-state index in [1.165, 1.54) is 0 Å². The minimum atomic E-state index is -3.33. The number of benzene rings is 1. The predicted octanol–water partition coefficient (Wildman–Crippen LogP) is 1.92. The van der Waals surface area contributed by atoms with Crippen molar-refractivity contribution in [1.82, 2.24) is 0 Å². The molecule has 5 heteroatoms. The molecule has 1 aromatic rings. The zero-order valence-corrected chi connectivity index (χ0v) is 10.6. The van der Waals surface area contributed by atoms with Crippen molar-refractivity contribution < 1.29 is 17.3 Å². The molecule has 2 rings (SSSR count). The summed E-state index contributed by atoms with van der Waals surface area (Å²) in [5, 5.41) is 0. The Bertz CT molecular complexity index is 481. The Hall–Kier alpha value is -1.07. The fraction of sp³-hybridized carbons (Fsp3) is 0.500. The summed E-state index contributed by atoms with van der Waals surface area (Å²) in [6, 6.07) is 7.88. The van der Waals surface area contributed by atoms with E-state index >= 15 is 0 Å². The van der Waals surface area contributed by atoms with E-state index in [-0.39, 0.29) is 6.61 Å². The van der Waals surface area contributed by atoms with Gasteiger partial charge in [-0.05, 0) is 30.4 Å². The topological polar surface area (TPSA) is 52.6 Å². The number of fused-ring (bicyclic) bond motifs is 1. The molecule has 17 heavy (non-hydrogen) atoms. The number of hydrogen-bond acceptors (Lipinski definition) is 4. The minimum absolute atomic E-state index is 0.234. The monoisotopic (exact) mass is 256 g/mol. The van der Waals surface area contributed by atoms with Gasteiger partial charge in [0, 0.05) is 0 Å². The standard InChI is InChI=1S/C12H16O4S/c1-17(13,14)16-9-7-10-6-8-15-12-5-3-2-4-11(10)12/h2-5,10H,6-9H2,1H3. The molecular weight excluding hydrogens is 240 g/mol. The first-order valence-corrected chi connectivity index (χ1v) is 7.44. The molecule has 0 radical (unpaired) electrons. The first-order valence-electron chi connectivity index (χ1n) is 5.62. The van der Waals surface area contributed by atoms with Gasteiger partial charge in [0.1, 0.15) is 5.75 Å². The van der Waals surface area contributed by atoms with Crippen LogP contribution in [0.3, 0.4) is 0 Å². The van der Waals surface area contributed by atoms with Crippen molar-refractivity contribution in [1.29, 1.82) is 0 Å². The van der Waals surface area contributed by atoms with E-state index in [1.807, 2.05) is 24.3 Å². The Kier molecular flexibility index (Phi) is 3.69. The van der Waals surface area contributed by atoms with Crippen LogP contribution in [-0.2, 0) is 14.3 Å². The van der Waals surface area contributed by atoms with Gasteiger partial charge in [0.05, 0.1) is 19.5 Å². The average Bonchev–Trinajstić information content (AvgIpc) is 2.28. The van der Waals surface area contributed by atoms with Gasteiger partial charge in [0.2, 0.25) is 0 Å². The number of rotatable bonds is 4. The first kappa shape index (κ1) is 12.4. The molecule has 0 bridgehead atoms. The maximum atomic E-state index is 10.9. The summed E-state index contributed by atoms with van der Waals surface area (Å²) in [4.78, 5) is 0. The Morgan fingerprint density at radius 1 is 1.41 bits per heavy atom. The van der Waals surface area contributed by atoms with Crippen molar-refractivity contribution in [2.24, 2.45) is 0 Å². The van der Waals surface area contributed by atoms with Crippen molar-refractivity contribution in [3.05, 3.63) is 29.8 Å². The average molecular weight is 256 g/mol. The summed E-state index contributed by atoms with van der Waals surface area (Å²) in [5.74, 6) is 1.23. The molecule has 94 valence electrons. The highest BCUT2D eigenvalue weighted by Gasteiger charge is 2.21. The van der Waals surface area contributed by atoms with Crippen LogP contribution in [0.15, 0.2) is 24.3 Å². The molecule has 0 aliphatic carbocycles. The van der Waals surface area contributed by atoms with Gasteiger partial charge < -0.3 is 4.74 Å². The van der Waals surface area contributed by atoms with Gasteiger partial charge in [-0.15, -0.1) is 0 Å². The maximum absolute atomic E-state index is 10.9. The van der Waals surface area contributed by atoms with E-state index in [9.17, 15) is 8.42 Å². The molecule has 1 aromatic carbocycles. The lowest BCUT2D eigenvalue weighted by Crippen LogP contribution is -2.16. The third-order valence-electron chi connectivity index (χ3n) is 2.85. The summed E-state index contributed by atoms with van der Waals surface area (Å²) in [7, 11) is -3.33. The van der Waals surface area contributed by atoms with Crippen molar-refractivity contribution in [2.45, 2.75) is 18.8 Å². The highest BCUT2D eigenvalue weighted by molar-refractivity contribution is 7.85. The van der Waals surface area contributed by atoms with Crippen LogP contribution in [-0.4, -0.2) is 27.9 Å². The summed E-state index contributed by atoms with van der Waals surface area (Å²) in [5.41, 5.74) is 1.15. The van der Waals surface area contributed by atoms with Crippen molar-refractivity contribution in [3.8, 4) is 5.75 Å². The van der Waals surface area contributed by atoms with Crippen LogP contribution in [0, 0.1) is 0 Å². The Morgan fingerprint density at radius 2 is 2.18 bits per heavy atom. The van der Waals surface area contributed by atoms with Crippen molar-refractivity contribution in [3.63, 3.8) is 0 Å². The van der Waals surface area contributed by atoms with Gasteiger partial charge in [-0.25, -0.2) is 0 Å². The van der Waals surface area contributed by atoms with Crippen LogP contribution in [0.25, 0.3) is 0 Å². The van der Waals surface area contributed by atoms with E-state index in [4.69, 9.17) is 8.92 Å². The molecule has 1 aliphatic heterocycles. The molecule has 0 amide bonds. The smallest absolute Gasteiger partial charge is 0.264 e. The van der Waals surface area contributed by atoms with E-state index in [0.717, 1.165) is 24.0 Å². The molecule has 1 heterocycles. The fourth-order valence-corrected chi connectivity index (χ4v) is 2.46. The Labute approximate surface area is 102 Å². The van der Waals surface area contributed by atoms with Gasteiger partial charge >= 0.3 is 0 Å². The number of ether oxygens (including phenoxy) is 1. The lowest BCUT2D eigenvalue weighted by molar-refractivity contribution is 0.241. The van der Waals surface area contributed by atoms with Crippen LogP contribution in [0.5, 0.6) is 5.75 Å². The van der Waals surface area contributed by atoms with E-state index in [1.54, 1.807) is 0 Å². The van der Waals surface area contributed by atoms with E-state index in [2.05, 4.69) is 0 Å². The molecular formula is C12H16O4S. The highest BCUT2D eigenvalue weighted by Crippen LogP contribution is 2.35. The Morgan fingerprint density at radius 3 is 2.94 bits per heavy atom. The first-order chi connectivity index (χ1) is 8.06. The van der Waals surface area contributed by atoms with E-state index in [0.29, 0.717) is 18.9 Å². The summed E-state index contributed by atoms with van der Waals surface area (Å²) in [6.07, 6.45) is 2.68. The maximum Gasteiger partial charge on any atom is 0.264 e. The van der Waals surface area contributed by atoms with Crippen LogP contribution in [0.2, 0.25) is 0 Å². The summed E-state index contributed by atoms with van der Waals surface area (Å²) >= 11 is 0. The molecule has 0 saturated carbocycles. The van der Waals surface area contributed by atoms with Gasteiger partial charge in [-0.3, -0.25) is 4.18 Å². The molecule has 0 spiro atoms. The molecule has 0 fully saturated rings. The normalized spacial score (nSPS) is 19.5. The van der Waals surface area contributed by atoms with E-state index < -0.39 is 10.1 Å². The second-order valence-electron chi connectivity index (χ2n) is 4.19. The van der Waals surface area contributed by atoms with Gasteiger partial charge in [-0.2, -0.15) is 8.42 Å². The number of hydrogen-bond donors (Lipinski definition) is 0. The largest absolute Gasteiger partial charge is 0.493 e. The second kappa shape index (κ2) is 5.06. The zero-order valence-electron chi connectivity index (χ0n) is 9.76. The molecule has 1 aliphatic rings. The van der Waals surface area contributed by atoms with Gasteiger partial charge in [0.25, 0.3) is 10.1 Å². The van der Waals surface area contributed by atoms with Crippen LogP contribution in [0.4, 0.5) is 0 Å². The highest BCUT2D eigenvalue weighted by atomic mass is 32.2. The van der Waals surface area contributed by atoms with Gasteiger partial charge in [-0.1, -0.05) is 18.2 Å². The predicted molar refractivity (Wildman–Crippen MR) is 64.7 cm³/mol. The summed E-state index contributed by atoms with van der Waals surface area (Å²) in [6.45, 7) is 0.915. The quantitative estimate of drug-likeness (QED) is 0.772. The third-order valence-corrected chi connectivity index (χ3v) is 3.44. The second-order valence-corrected chi connectivity index (χ2v) is 5.83. The fourth-order valence-electron chi connectivity index (χ4n) is 2.06. The lowest BCUT2D eigenvalue weighted by Gasteiger charge is -2.25. The zero-order chi connectivity index (χ0) is 12.3. The van der Waals surface area contributed by atoms with Crippen molar-refractivity contribution >= 4 is 10.1 Å². The van der Waals surface area contributed by atoms with Crippen LogP contribution >= 0.6 is 0 Å².